The lowest BCUT2D eigenvalue weighted by Gasteiger charge is -2.16. The number of nitrogens with one attached hydrogen (secondary N) is 1. The van der Waals surface area contributed by atoms with E-state index >= 15 is 0 Å². The molecule has 3 aromatic rings. The van der Waals surface area contributed by atoms with E-state index in [4.69, 9.17) is 30.2 Å². The van der Waals surface area contributed by atoms with E-state index in [1.165, 1.54) is 0 Å². The molecule has 0 aliphatic rings. The highest BCUT2D eigenvalue weighted by Crippen LogP contribution is 2.42. The van der Waals surface area contributed by atoms with Gasteiger partial charge in [0, 0.05) is 16.3 Å². The highest BCUT2D eigenvalue weighted by atomic mass is 35.5. The molecule has 176 valence electrons. The fourth-order valence-corrected chi connectivity index (χ4v) is 3.77. The molecule has 0 unspecified atom stereocenters. The number of aromatic nitrogens is 2. The molecule has 2 aromatic carbocycles. The largest absolute Gasteiger partial charge is 0.490 e. The van der Waals surface area contributed by atoms with E-state index < -0.39 is 0 Å². The second-order valence-electron chi connectivity index (χ2n) is 6.77. The van der Waals surface area contributed by atoms with E-state index in [1.807, 2.05) is 27.7 Å². The van der Waals surface area contributed by atoms with Crippen LogP contribution in [0.4, 0.5) is 5.69 Å². The van der Waals surface area contributed by atoms with Gasteiger partial charge in [-0.25, -0.2) is 0 Å². The molecule has 0 saturated heterocycles. The summed E-state index contributed by atoms with van der Waals surface area (Å²) in [6.07, 6.45) is 0. The molecule has 0 radical (unpaired) electrons. The first kappa shape index (κ1) is 24.7. The average molecular weight is 492 g/mol. The Morgan fingerprint density at radius 3 is 2.30 bits per heavy atom. The number of carbonyl (C=O) groups excluding carboxylic acids is 1. The number of aryl methyl sites for hydroxylation is 1. The topological polar surface area (TPSA) is 95.7 Å². The summed E-state index contributed by atoms with van der Waals surface area (Å²) in [4.78, 5) is 12.3. The molecule has 8 nitrogen and oxygen atoms in total. The first-order chi connectivity index (χ1) is 15.9. The smallest absolute Gasteiger partial charge is 0.277 e. The van der Waals surface area contributed by atoms with Crippen LogP contribution in [0.3, 0.4) is 0 Å². The molecule has 1 aromatic heterocycles. The van der Waals surface area contributed by atoms with Crippen molar-refractivity contribution < 1.29 is 23.4 Å². The molecule has 0 spiro atoms. The molecule has 0 aliphatic heterocycles. The zero-order valence-corrected chi connectivity index (χ0v) is 20.5. The fraction of sp³-hybridized carbons (Fsp3) is 0.348. The van der Waals surface area contributed by atoms with Crippen LogP contribution in [0.25, 0.3) is 11.5 Å². The number of anilines is 1. The number of hydrogen-bond acceptors (Lipinski definition) is 8. The van der Waals surface area contributed by atoms with Crippen LogP contribution in [-0.4, -0.2) is 41.7 Å². The summed E-state index contributed by atoms with van der Waals surface area (Å²) >= 11 is 7.11. The maximum absolute atomic E-state index is 12.3. The van der Waals surface area contributed by atoms with Crippen LogP contribution in [0, 0.1) is 6.92 Å². The number of benzene rings is 2. The number of halogens is 1. The molecule has 1 N–H and O–H groups in total. The number of amides is 1. The van der Waals surface area contributed by atoms with Gasteiger partial charge in [0.05, 0.1) is 25.6 Å². The molecule has 0 saturated carbocycles. The van der Waals surface area contributed by atoms with Gasteiger partial charge in [0.1, 0.15) is 0 Å². The van der Waals surface area contributed by atoms with Crippen molar-refractivity contribution in [2.24, 2.45) is 0 Å². The molecule has 0 fully saturated rings. The van der Waals surface area contributed by atoms with Crippen LogP contribution < -0.4 is 19.5 Å². The summed E-state index contributed by atoms with van der Waals surface area (Å²) in [5, 5.41) is 11.9. The maximum Gasteiger partial charge on any atom is 0.277 e. The van der Waals surface area contributed by atoms with Gasteiger partial charge in [-0.3, -0.25) is 4.79 Å². The zero-order valence-electron chi connectivity index (χ0n) is 18.9. The first-order valence-electron chi connectivity index (χ1n) is 10.5. The molecule has 3 rings (SSSR count). The molecule has 0 atom stereocenters. The third-order valence-corrected chi connectivity index (χ3v) is 5.41. The van der Waals surface area contributed by atoms with Gasteiger partial charge in [0.2, 0.25) is 17.5 Å². The number of hydrogen-bond donors (Lipinski definition) is 1. The predicted molar refractivity (Wildman–Crippen MR) is 129 cm³/mol. The Bertz CT molecular complexity index is 1080. The predicted octanol–water partition coefficient (Wildman–Crippen LogP) is 5.63. The Hall–Kier alpha value is -2.91. The second-order valence-corrected chi connectivity index (χ2v) is 8.13. The van der Waals surface area contributed by atoms with Crippen molar-refractivity contribution in [2.45, 2.75) is 32.9 Å². The Labute approximate surface area is 202 Å². The Morgan fingerprint density at radius 2 is 1.70 bits per heavy atom. The van der Waals surface area contributed by atoms with Crippen molar-refractivity contribution >= 4 is 35.0 Å². The Kier molecular flexibility index (Phi) is 8.85. The standard InChI is InChI=1S/C23H26ClN3O5S/c1-5-29-18-11-15(12-19(30-6-2)21(18)31-7-3)22-26-27-23(32-22)33-13-20(28)25-17-9-8-16(24)10-14(17)4/h8-12H,5-7,13H2,1-4H3,(H,25,28). The van der Waals surface area contributed by atoms with Crippen molar-refractivity contribution in [3.63, 3.8) is 0 Å². The third kappa shape index (κ3) is 6.55. The fourth-order valence-electron chi connectivity index (χ4n) is 2.98. The SMILES string of the molecule is CCOc1cc(-c2nnc(SCC(=O)Nc3ccc(Cl)cc3C)o2)cc(OCC)c1OCC. The van der Waals surface area contributed by atoms with E-state index in [1.54, 1.807) is 30.3 Å². The van der Waals surface area contributed by atoms with Gasteiger partial charge in [-0.05, 0) is 63.6 Å². The summed E-state index contributed by atoms with van der Waals surface area (Å²) in [6.45, 7) is 8.94. The minimum Gasteiger partial charge on any atom is -0.490 e. The van der Waals surface area contributed by atoms with Gasteiger partial charge in [0.15, 0.2) is 11.5 Å². The van der Waals surface area contributed by atoms with Gasteiger partial charge >= 0.3 is 0 Å². The van der Waals surface area contributed by atoms with Crippen LogP contribution >= 0.6 is 23.4 Å². The van der Waals surface area contributed by atoms with Gasteiger partial charge in [0.25, 0.3) is 5.22 Å². The van der Waals surface area contributed by atoms with Gasteiger partial charge in [-0.1, -0.05) is 23.4 Å². The van der Waals surface area contributed by atoms with Crippen molar-refractivity contribution in [1.82, 2.24) is 10.2 Å². The van der Waals surface area contributed by atoms with Crippen LogP contribution in [0.1, 0.15) is 26.3 Å². The molecule has 0 aliphatic carbocycles. The van der Waals surface area contributed by atoms with Crippen LogP contribution in [0.5, 0.6) is 17.2 Å². The van der Waals surface area contributed by atoms with E-state index in [0.29, 0.717) is 53.3 Å². The minimum absolute atomic E-state index is 0.112. The van der Waals surface area contributed by atoms with Crippen molar-refractivity contribution in [3.8, 4) is 28.7 Å². The van der Waals surface area contributed by atoms with Crippen molar-refractivity contribution in [1.29, 1.82) is 0 Å². The van der Waals surface area contributed by atoms with Gasteiger partial charge in [-0.2, -0.15) is 0 Å². The van der Waals surface area contributed by atoms with Crippen LogP contribution in [0.15, 0.2) is 40.0 Å². The molecular weight excluding hydrogens is 466 g/mol. The third-order valence-electron chi connectivity index (χ3n) is 4.35. The van der Waals surface area contributed by atoms with Crippen LogP contribution in [0.2, 0.25) is 5.02 Å². The average Bonchev–Trinajstić information content (AvgIpc) is 3.26. The van der Waals surface area contributed by atoms with E-state index in [0.717, 1.165) is 17.3 Å². The van der Waals surface area contributed by atoms with Gasteiger partial charge in [-0.15, -0.1) is 10.2 Å². The quantitative estimate of drug-likeness (QED) is 0.345. The summed E-state index contributed by atoms with van der Waals surface area (Å²) in [5.41, 5.74) is 2.22. The highest BCUT2D eigenvalue weighted by molar-refractivity contribution is 7.99. The van der Waals surface area contributed by atoms with Crippen molar-refractivity contribution in [2.75, 3.05) is 30.9 Å². The number of carbonyl (C=O) groups is 1. The second kappa shape index (κ2) is 11.8. The normalized spacial score (nSPS) is 10.7. The number of thioether (sulfide) groups is 1. The number of ether oxygens (including phenoxy) is 3. The summed E-state index contributed by atoms with van der Waals surface area (Å²) in [6, 6.07) is 8.83. The number of nitrogens with zero attached hydrogens (tertiary/aromatic N) is 2. The summed E-state index contributed by atoms with van der Waals surface area (Å²) in [7, 11) is 0. The maximum atomic E-state index is 12.3. The minimum atomic E-state index is -0.191. The lowest BCUT2D eigenvalue weighted by atomic mass is 10.2. The molecule has 33 heavy (non-hydrogen) atoms. The van der Waals surface area contributed by atoms with Crippen LogP contribution in [-0.2, 0) is 4.79 Å². The van der Waals surface area contributed by atoms with E-state index in [2.05, 4.69) is 15.5 Å². The first-order valence-corrected chi connectivity index (χ1v) is 11.9. The summed E-state index contributed by atoms with van der Waals surface area (Å²) < 4.78 is 23.0. The van der Waals surface area contributed by atoms with Crippen molar-refractivity contribution in [3.05, 3.63) is 40.9 Å². The molecular formula is C23H26ClN3O5S. The lowest BCUT2D eigenvalue weighted by molar-refractivity contribution is -0.113. The Balaban J connectivity index is 1.73. The summed E-state index contributed by atoms with van der Waals surface area (Å²) in [5.74, 6) is 1.81. The highest BCUT2D eigenvalue weighted by Gasteiger charge is 2.19. The molecule has 0 bridgehead atoms. The van der Waals surface area contributed by atoms with Gasteiger partial charge < -0.3 is 23.9 Å². The van der Waals surface area contributed by atoms with E-state index in [-0.39, 0.29) is 22.8 Å². The molecule has 10 heteroatoms. The molecule has 1 amide bonds. The van der Waals surface area contributed by atoms with E-state index in [9.17, 15) is 4.79 Å². The zero-order chi connectivity index (χ0) is 23.8. The molecule has 1 heterocycles. The monoisotopic (exact) mass is 491 g/mol. The lowest BCUT2D eigenvalue weighted by Crippen LogP contribution is -2.14. The number of rotatable bonds is 11. The Morgan fingerprint density at radius 1 is 1.03 bits per heavy atom.